The molecule has 0 aliphatic heterocycles. The number of hydrogen-bond acceptors (Lipinski definition) is 5. The van der Waals surface area contributed by atoms with Gasteiger partial charge in [-0.05, 0) is 25.2 Å². The minimum atomic E-state index is -1.33. The van der Waals surface area contributed by atoms with Crippen molar-refractivity contribution in [3.63, 3.8) is 0 Å². The molecule has 0 aromatic rings. The molecule has 1 atom stereocenters. The highest BCUT2D eigenvalue weighted by atomic mass is 16.4. The van der Waals surface area contributed by atoms with E-state index in [1.165, 1.54) is 0 Å². The van der Waals surface area contributed by atoms with E-state index >= 15 is 0 Å². The van der Waals surface area contributed by atoms with Crippen LogP contribution in [0.3, 0.4) is 0 Å². The Morgan fingerprint density at radius 3 is 2.12 bits per heavy atom. The van der Waals surface area contributed by atoms with E-state index in [-0.39, 0.29) is 31.6 Å². The fourth-order valence-electron chi connectivity index (χ4n) is 1.35. The number of aliphatic carboxylic acids is 2. The first-order valence-electron chi connectivity index (χ1n) is 5.53. The molecule has 0 aromatic heterocycles. The monoisotopic (exact) mass is 243 g/mol. The molecule has 6 heteroatoms. The van der Waals surface area contributed by atoms with Gasteiger partial charge in [0.1, 0.15) is 0 Å². The number of carbonyl (C=O) groups excluding carboxylic acids is 3. The van der Waals surface area contributed by atoms with E-state index in [0.717, 1.165) is 0 Å². The second-order valence-electron chi connectivity index (χ2n) is 4.29. The lowest BCUT2D eigenvalue weighted by atomic mass is 10.0. The molecule has 0 saturated heterocycles. The van der Waals surface area contributed by atoms with Crippen LogP contribution in [0.15, 0.2) is 0 Å². The molecule has 0 fully saturated rings. The van der Waals surface area contributed by atoms with Crippen LogP contribution in [0.5, 0.6) is 0 Å². The zero-order chi connectivity index (χ0) is 13.4. The zero-order valence-corrected chi connectivity index (χ0v) is 10.0. The minimum absolute atomic E-state index is 0.0319. The van der Waals surface area contributed by atoms with Gasteiger partial charge in [0, 0.05) is 12.4 Å². The lowest BCUT2D eigenvalue weighted by molar-refractivity contribution is -0.309. The minimum Gasteiger partial charge on any atom is -0.550 e. The quantitative estimate of drug-likeness (QED) is 0.540. The Morgan fingerprint density at radius 1 is 1.12 bits per heavy atom. The van der Waals surface area contributed by atoms with Crippen LogP contribution in [0.25, 0.3) is 0 Å². The van der Waals surface area contributed by atoms with Crippen LogP contribution in [0.1, 0.15) is 39.5 Å². The zero-order valence-electron chi connectivity index (χ0n) is 10.0. The Morgan fingerprint density at radius 2 is 1.71 bits per heavy atom. The van der Waals surface area contributed by atoms with E-state index in [1.807, 2.05) is 13.8 Å². The van der Waals surface area contributed by atoms with E-state index in [1.54, 1.807) is 0 Å². The second kappa shape index (κ2) is 7.65. The summed E-state index contributed by atoms with van der Waals surface area (Å²) in [7, 11) is 0. The third-order valence-electron chi connectivity index (χ3n) is 2.11. The van der Waals surface area contributed by atoms with Gasteiger partial charge in [-0.3, -0.25) is 4.79 Å². The van der Waals surface area contributed by atoms with Crippen LogP contribution in [-0.2, 0) is 14.4 Å². The summed E-state index contributed by atoms with van der Waals surface area (Å²) < 4.78 is 0. The Balaban J connectivity index is 4.04. The van der Waals surface area contributed by atoms with E-state index < -0.39 is 23.9 Å². The van der Waals surface area contributed by atoms with Crippen molar-refractivity contribution in [3.05, 3.63) is 0 Å². The van der Waals surface area contributed by atoms with Gasteiger partial charge in [0.25, 0.3) is 0 Å². The van der Waals surface area contributed by atoms with Gasteiger partial charge in [-0.25, -0.2) is 0 Å². The van der Waals surface area contributed by atoms with Crippen molar-refractivity contribution in [2.24, 2.45) is 5.92 Å². The molecule has 0 saturated carbocycles. The summed E-state index contributed by atoms with van der Waals surface area (Å²) in [4.78, 5) is 32.1. The largest absolute Gasteiger partial charge is 0.550 e. The molecule has 0 unspecified atom stereocenters. The number of rotatable bonds is 8. The molecular formula is C11H17NO5-2. The SMILES string of the molecule is CC(C)C[C@H](NC(=O)CCCC(=O)[O-])C(=O)[O-]. The normalized spacial score (nSPS) is 12.2. The van der Waals surface area contributed by atoms with Gasteiger partial charge in [-0.15, -0.1) is 0 Å². The standard InChI is InChI=1S/C11H19NO5/c1-7(2)6-8(11(16)17)12-9(13)4-3-5-10(14)15/h7-8H,3-6H2,1-2H3,(H,12,13)(H,14,15)(H,16,17)/p-2/t8-/m0/s1. The summed E-state index contributed by atoms with van der Waals surface area (Å²) in [5.74, 6) is -2.93. The lowest BCUT2D eigenvalue weighted by Crippen LogP contribution is -2.48. The van der Waals surface area contributed by atoms with Gasteiger partial charge < -0.3 is 25.1 Å². The van der Waals surface area contributed by atoms with Crippen molar-refractivity contribution in [2.75, 3.05) is 0 Å². The molecule has 1 amide bonds. The van der Waals surface area contributed by atoms with Crippen molar-refractivity contribution in [3.8, 4) is 0 Å². The Hall–Kier alpha value is -1.59. The van der Waals surface area contributed by atoms with Crippen molar-refractivity contribution in [1.29, 1.82) is 0 Å². The highest BCUT2D eigenvalue weighted by molar-refractivity contribution is 5.82. The third kappa shape index (κ3) is 8.24. The molecule has 0 aliphatic rings. The van der Waals surface area contributed by atoms with Gasteiger partial charge in [0.2, 0.25) is 5.91 Å². The van der Waals surface area contributed by atoms with Crippen LogP contribution in [-0.4, -0.2) is 23.9 Å². The molecule has 0 rings (SSSR count). The molecule has 0 bridgehead atoms. The van der Waals surface area contributed by atoms with Crippen molar-refractivity contribution in [1.82, 2.24) is 5.32 Å². The fourth-order valence-corrected chi connectivity index (χ4v) is 1.35. The summed E-state index contributed by atoms with van der Waals surface area (Å²) in [6.07, 6.45) is 0.174. The van der Waals surface area contributed by atoms with Gasteiger partial charge in [0.05, 0.1) is 12.0 Å². The first-order valence-corrected chi connectivity index (χ1v) is 5.53. The average Bonchev–Trinajstić information content (AvgIpc) is 2.15. The lowest BCUT2D eigenvalue weighted by Gasteiger charge is -2.21. The number of nitrogens with one attached hydrogen (secondary N) is 1. The Kier molecular flexibility index (Phi) is 6.93. The molecule has 0 aliphatic carbocycles. The highest BCUT2D eigenvalue weighted by Gasteiger charge is 2.14. The maximum absolute atomic E-state index is 11.3. The predicted octanol–water partition coefficient (Wildman–Crippen LogP) is -1.81. The maximum Gasteiger partial charge on any atom is 0.220 e. The first-order chi connectivity index (χ1) is 7.82. The fraction of sp³-hybridized carbons (Fsp3) is 0.727. The highest BCUT2D eigenvalue weighted by Crippen LogP contribution is 2.05. The average molecular weight is 243 g/mol. The van der Waals surface area contributed by atoms with Gasteiger partial charge in [-0.1, -0.05) is 13.8 Å². The second-order valence-corrected chi connectivity index (χ2v) is 4.29. The third-order valence-corrected chi connectivity index (χ3v) is 2.11. The Bertz CT molecular complexity index is 288. The summed E-state index contributed by atoms with van der Waals surface area (Å²) >= 11 is 0. The number of amides is 1. The van der Waals surface area contributed by atoms with Crippen LogP contribution in [0, 0.1) is 5.92 Å². The summed E-state index contributed by atoms with van der Waals surface area (Å²) in [5, 5.41) is 23.1. The van der Waals surface area contributed by atoms with E-state index in [0.29, 0.717) is 0 Å². The number of carbonyl (C=O) groups is 3. The van der Waals surface area contributed by atoms with Crippen LogP contribution >= 0.6 is 0 Å². The molecule has 98 valence electrons. The first kappa shape index (κ1) is 15.4. The van der Waals surface area contributed by atoms with Crippen LogP contribution < -0.4 is 15.5 Å². The molecular weight excluding hydrogens is 226 g/mol. The summed E-state index contributed by atoms with van der Waals surface area (Å²) in [6, 6.07) is -1.02. The predicted molar refractivity (Wildman–Crippen MR) is 55.3 cm³/mol. The molecule has 1 N–H and O–H groups in total. The summed E-state index contributed by atoms with van der Waals surface area (Å²) in [5.41, 5.74) is 0. The van der Waals surface area contributed by atoms with Crippen molar-refractivity contribution < 1.29 is 24.6 Å². The molecule has 0 heterocycles. The van der Waals surface area contributed by atoms with Gasteiger partial charge >= 0.3 is 0 Å². The van der Waals surface area contributed by atoms with E-state index in [9.17, 15) is 24.6 Å². The van der Waals surface area contributed by atoms with E-state index in [4.69, 9.17) is 0 Å². The molecule has 0 aromatic carbocycles. The number of carboxylic acid groups (broad SMARTS) is 2. The molecule has 17 heavy (non-hydrogen) atoms. The van der Waals surface area contributed by atoms with Crippen LogP contribution in [0.4, 0.5) is 0 Å². The number of hydrogen-bond donors (Lipinski definition) is 1. The van der Waals surface area contributed by atoms with Crippen molar-refractivity contribution in [2.45, 2.75) is 45.6 Å². The smallest absolute Gasteiger partial charge is 0.220 e. The maximum atomic E-state index is 11.3. The van der Waals surface area contributed by atoms with Gasteiger partial charge in [0.15, 0.2) is 0 Å². The number of carboxylic acids is 2. The molecule has 6 nitrogen and oxygen atoms in total. The van der Waals surface area contributed by atoms with Crippen molar-refractivity contribution >= 4 is 17.8 Å². The summed E-state index contributed by atoms with van der Waals surface area (Å²) in [6.45, 7) is 3.66. The topological polar surface area (TPSA) is 109 Å². The Labute approximate surface area is 100 Å². The van der Waals surface area contributed by atoms with E-state index in [2.05, 4.69) is 5.32 Å². The van der Waals surface area contributed by atoms with Gasteiger partial charge in [-0.2, -0.15) is 0 Å². The molecule has 0 spiro atoms. The van der Waals surface area contributed by atoms with Crippen LogP contribution in [0.2, 0.25) is 0 Å². The molecule has 0 radical (unpaired) electrons.